The Labute approximate surface area is 154 Å². The predicted molar refractivity (Wildman–Crippen MR) is 89.9 cm³/mol. The average molecular weight is 374 g/mol. The second-order valence-corrected chi connectivity index (χ2v) is 6.77. The van der Waals surface area contributed by atoms with E-state index in [0.717, 1.165) is 0 Å². The van der Waals surface area contributed by atoms with Crippen LogP contribution in [0.1, 0.15) is 21.8 Å². The van der Waals surface area contributed by atoms with Gasteiger partial charge in [0.25, 0.3) is 0 Å². The number of hydrogen-bond donors (Lipinski definition) is 1. The van der Waals surface area contributed by atoms with Gasteiger partial charge >= 0.3 is 11.9 Å². The number of aliphatic hydroxyl groups excluding tert-OH is 1. The van der Waals surface area contributed by atoms with Gasteiger partial charge in [0, 0.05) is 5.92 Å². The van der Waals surface area contributed by atoms with Crippen molar-refractivity contribution in [3.8, 4) is 17.2 Å². The Morgan fingerprint density at radius 2 is 1.78 bits per heavy atom. The van der Waals surface area contributed by atoms with Crippen molar-refractivity contribution in [1.82, 2.24) is 0 Å². The van der Waals surface area contributed by atoms with Crippen molar-refractivity contribution in [2.24, 2.45) is 17.3 Å². The molecule has 1 saturated heterocycles. The Morgan fingerprint density at radius 3 is 2.37 bits per heavy atom. The monoisotopic (exact) mass is 374 g/mol. The molecule has 27 heavy (non-hydrogen) atoms. The number of methoxy groups -OCH3 is 3. The van der Waals surface area contributed by atoms with Crippen LogP contribution < -0.4 is 14.2 Å². The molecule has 142 valence electrons. The maximum atomic E-state index is 13.6. The molecule has 4 aliphatic rings. The fourth-order valence-electron chi connectivity index (χ4n) is 4.54. The number of ketones is 1. The molecule has 8 heteroatoms. The largest absolute Gasteiger partial charge is 0.493 e. The summed E-state index contributed by atoms with van der Waals surface area (Å²) in [6.07, 6.45) is 3.19. The van der Waals surface area contributed by atoms with E-state index in [1.54, 1.807) is 12.1 Å². The molecule has 1 N–H and O–H groups in total. The SMILES string of the molecule is COc1cc2c(c(OC)c1OC)C(=O)C1(CO)C=CC2C2C(=O)OC(=O)C21. The highest BCUT2D eigenvalue weighted by atomic mass is 16.6. The van der Waals surface area contributed by atoms with E-state index in [-0.39, 0.29) is 17.1 Å². The third kappa shape index (κ3) is 1.98. The lowest BCUT2D eigenvalue weighted by molar-refractivity contribution is -0.154. The quantitative estimate of drug-likeness (QED) is 0.470. The second kappa shape index (κ2) is 5.82. The van der Waals surface area contributed by atoms with Crippen LogP contribution in [0, 0.1) is 17.3 Å². The zero-order valence-electron chi connectivity index (χ0n) is 15.0. The number of allylic oxidation sites excluding steroid dienone is 1. The Hall–Kier alpha value is -2.87. The fraction of sp³-hybridized carbons (Fsp3) is 0.421. The normalized spacial score (nSPS) is 30.5. The maximum absolute atomic E-state index is 13.6. The van der Waals surface area contributed by atoms with Crippen molar-refractivity contribution >= 4 is 17.7 Å². The molecule has 3 aliphatic carbocycles. The van der Waals surface area contributed by atoms with Crippen LogP contribution in [-0.2, 0) is 14.3 Å². The molecule has 0 aromatic heterocycles. The Kier molecular flexibility index (Phi) is 3.78. The van der Waals surface area contributed by atoms with Gasteiger partial charge in [-0.1, -0.05) is 12.2 Å². The van der Waals surface area contributed by atoms with Gasteiger partial charge < -0.3 is 24.1 Å². The van der Waals surface area contributed by atoms with E-state index < -0.39 is 47.5 Å². The lowest BCUT2D eigenvalue weighted by Gasteiger charge is -2.35. The van der Waals surface area contributed by atoms with E-state index in [0.29, 0.717) is 11.3 Å². The molecule has 1 heterocycles. The molecule has 1 fully saturated rings. The van der Waals surface area contributed by atoms with Gasteiger partial charge in [-0.05, 0) is 11.6 Å². The second-order valence-electron chi connectivity index (χ2n) is 6.77. The first-order valence-electron chi connectivity index (χ1n) is 8.38. The Morgan fingerprint density at radius 1 is 1.07 bits per heavy atom. The van der Waals surface area contributed by atoms with Crippen molar-refractivity contribution in [2.75, 3.05) is 27.9 Å². The zero-order chi connectivity index (χ0) is 19.5. The maximum Gasteiger partial charge on any atom is 0.318 e. The van der Waals surface area contributed by atoms with Gasteiger partial charge in [0.2, 0.25) is 5.75 Å². The molecule has 0 radical (unpaired) electrons. The molecule has 1 aromatic rings. The van der Waals surface area contributed by atoms with E-state index in [1.807, 2.05) is 0 Å². The molecule has 0 amide bonds. The van der Waals surface area contributed by atoms with Gasteiger partial charge in [0.1, 0.15) is 0 Å². The van der Waals surface area contributed by atoms with Gasteiger partial charge in [-0.2, -0.15) is 0 Å². The summed E-state index contributed by atoms with van der Waals surface area (Å²) in [5.74, 6) is -3.91. The summed E-state index contributed by atoms with van der Waals surface area (Å²) in [4.78, 5) is 38.4. The van der Waals surface area contributed by atoms with E-state index >= 15 is 0 Å². The third-order valence-electron chi connectivity index (χ3n) is 5.76. The van der Waals surface area contributed by atoms with Crippen LogP contribution in [-0.4, -0.2) is 50.8 Å². The van der Waals surface area contributed by atoms with Crippen molar-refractivity contribution in [1.29, 1.82) is 0 Å². The van der Waals surface area contributed by atoms with Gasteiger partial charge in [-0.25, -0.2) is 0 Å². The number of carbonyl (C=O) groups is 3. The van der Waals surface area contributed by atoms with Crippen LogP contribution in [0.2, 0.25) is 0 Å². The lowest BCUT2D eigenvalue weighted by Crippen LogP contribution is -2.46. The minimum Gasteiger partial charge on any atom is -0.493 e. The number of hydrogen-bond acceptors (Lipinski definition) is 8. The number of esters is 2. The van der Waals surface area contributed by atoms with E-state index in [1.165, 1.54) is 27.4 Å². The summed E-state index contributed by atoms with van der Waals surface area (Å²) >= 11 is 0. The molecular weight excluding hydrogens is 356 g/mol. The summed E-state index contributed by atoms with van der Waals surface area (Å²) in [6.45, 7) is -0.643. The lowest BCUT2D eigenvalue weighted by atomic mass is 9.63. The third-order valence-corrected chi connectivity index (χ3v) is 5.76. The Balaban J connectivity index is 2.09. The standard InChI is InChI=1S/C19H18O8/c1-24-10-6-9-8-4-5-19(7-20,13-11(8)17(22)27-18(13)23)16(21)12(9)15(26-3)14(10)25-2/h4-6,8,11,13,20H,7H2,1-3H3. The minimum absolute atomic E-state index is 0.143. The smallest absolute Gasteiger partial charge is 0.318 e. The van der Waals surface area contributed by atoms with Crippen LogP contribution in [0.4, 0.5) is 0 Å². The van der Waals surface area contributed by atoms with E-state index in [4.69, 9.17) is 18.9 Å². The van der Waals surface area contributed by atoms with Crippen molar-refractivity contribution in [3.63, 3.8) is 0 Å². The number of ether oxygens (including phenoxy) is 4. The number of aliphatic hydroxyl groups is 1. The first-order chi connectivity index (χ1) is 12.9. The molecule has 5 rings (SSSR count). The number of cyclic esters (lactones) is 2. The first kappa shape index (κ1) is 17.5. The highest BCUT2D eigenvalue weighted by Gasteiger charge is 2.65. The minimum atomic E-state index is -1.59. The molecular formula is C19H18O8. The zero-order valence-corrected chi connectivity index (χ0v) is 15.0. The van der Waals surface area contributed by atoms with Crippen LogP contribution in [0.3, 0.4) is 0 Å². The molecule has 0 saturated carbocycles. The molecule has 2 bridgehead atoms. The summed E-state index contributed by atoms with van der Waals surface area (Å²) in [5.41, 5.74) is -0.947. The molecule has 4 unspecified atom stereocenters. The highest BCUT2D eigenvalue weighted by molar-refractivity contribution is 6.13. The molecule has 1 aromatic carbocycles. The van der Waals surface area contributed by atoms with Crippen LogP contribution >= 0.6 is 0 Å². The molecule has 8 nitrogen and oxygen atoms in total. The van der Waals surface area contributed by atoms with Crippen molar-refractivity contribution < 1.29 is 38.4 Å². The number of rotatable bonds is 4. The number of Topliss-reactive ketones (excluding diaryl/α,β-unsaturated/α-hetero) is 1. The summed E-state index contributed by atoms with van der Waals surface area (Å²) in [6, 6.07) is 1.61. The topological polar surface area (TPSA) is 108 Å². The van der Waals surface area contributed by atoms with Gasteiger partial charge in [-0.3, -0.25) is 14.4 Å². The highest BCUT2D eigenvalue weighted by Crippen LogP contribution is 2.58. The molecule has 4 atom stereocenters. The van der Waals surface area contributed by atoms with Crippen LogP contribution in [0.5, 0.6) is 17.2 Å². The first-order valence-corrected chi connectivity index (χ1v) is 8.38. The fourth-order valence-corrected chi connectivity index (χ4v) is 4.54. The van der Waals surface area contributed by atoms with E-state index in [9.17, 15) is 19.5 Å². The molecule has 0 spiro atoms. The van der Waals surface area contributed by atoms with Crippen LogP contribution in [0.25, 0.3) is 0 Å². The van der Waals surface area contributed by atoms with Gasteiger partial charge in [0.15, 0.2) is 17.3 Å². The van der Waals surface area contributed by atoms with Gasteiger partial charge in [0.05, 0.1) is 50.8 Å². The van der Waals surface area contributed by atoms with Crippen molar-refractivity contribution in [2.45, 2.75) is 5.92 Å². The summed E-state index contributed by atoms with van der Waals surface area (Å²) in [7, 11) is 4.25. The van der Waals surface area contributed by atoms with Crippen LogP contribution in [0.15, 0.2) is 18.2 Å². The predicted octanol–water partition coefficient (Wildman–Crippen LogP) is 0.857. The van der Waals surface area contributed by atoms with E-state index in [2.05, 4.69) is 0 Å². The average Bonchev–Trinajstić information content (AvgIpc) is 2.88. The van der Waals surface area contributed by atoms with Crippen molar-refractivity contribution in [3.05, 3.63) is 29.3 Å². The molecule has 1 aliphatic heterocycles. The van der Waals surface area contributed by atoms with Gasteiger partial charge in [-0.15, -0.1) is 0 Å². The number of carbonyl (C=O) groups excluding carboxylic acids is 3. The summed E-state index contributed by atoms with van der Waals surface area (Å²) in [5, 5.41) is 10.1. The summed E-state index contributed by atoms with van der Waals surface area (Å²) < 4.78 is 21.0. The number of benzene rings is 1. The Bertz CT molecular complexity index is 901.